The molecule has 1 N–H and O–H groups in total. The minimum absolute atomic E-state index is 0.0399. The van der Waals surface area contributed by atoms with Gasteiger partial charge in [-0.15, -0.1) is 0 Å². The normalized spacial score (nSPS) is 15.1. The summed E-state index contributed by atoms with van der Waals surface area (Å²) in [5, 5.41) is 7.71. The highest BCUT2D eigenvalue weighted by molar-refractivity contribution is 6.02. The molecule has 1 aliphatic rings. The fourth-order valence-electron chi connectivity index (χ4n) is 2.42. The molecule has 2 aromatic rings. The number of rotatable bonds is 5. The predicted octanol–water partition coefficient (Wildman–Crippen LogP) is 1.24. The van der Waals surface area contributed by atoms with Gasteiger partial charge in [0, 0.05) is 18.0 Å². The molecule has 0 aliphatic heterocycles. The van der Waals surface area contributed by atoms with E-state index in [2.05, 4.69) is 10.4 Å². The van der Waals surface area contributed by atoms with Gasteiger partial charge in [0.1, 0.15) is 0 Å². The predicted molar refractivity (Wildman–Crippen MR) is 87.7 cm³/mol. The Labute approximate surface area is 138 Å². The van der Waals surface area contributed by atoms with Gasteiger partial charge in [0.2, 0.25) is 0 Å². The lowest BCUT2D eigenvalue weighted by Crippen LogP contribution is -2.37. The van der Waals surface area contributed by atoms with Crippen LogP contribution in [0.25, 0.3) is 10.8 Å². The number of nitrogens with one attached hydrogen (secondary N) is 1. The summed E-state index contributed by atoms with van der Waals surface area (Å²) in [6.45, 7) is 3.62. The summed E-state index contributed by atoms with van der Waals surface area (Å²) >= 11 is 0. The van der Waals surface area contributed by atoms with Crippen molar-refractivity contribution in [3.63, 3.8) is 0 Å². The van der Waals surface area contributed by atoms with Gasteiger partial charge in [-0.05, 0) is 32.8 Å². The zero-order valence-corrected chi connectivity index (χ0v) is 13.6. The van der Waals surface area contributed by atoms with Gasteiger partial charge in [0.05, 0.1) is 5.39 Å². The maximum absolute atomic E-state index is 12.5. The summed E-state index contributed by atoms with van der Waals surface area (Å²) in [7, 11) is 0. The highest BCUT2D eigenvalue weighted by Crippen LogP contribution is 2.19. The van der Waals surface area contributed by atoms with Gasteiger partial charge < -0.3 is 10.1 Å². The quantitative estimate of drug-likeness (QED) is 0.834. The van der Waals surface area contributed by atoms with Gasteiger partial charge >= 0.3 is 5.97 Å². The van der Waals surface area contributed by atoms with Crippen LogP contribution in [-0.4, -0.2) is 33.8 Å². The molecule has 0 saturated heterocycles. The number of nitrogens with zero attached hydrogens (tertiary/aromatic N) is 2. The van der Waals surface area contributed by atoms with E-state index in [0.29, 0.717) is 17.3 Å². The standard InChI is InChI=1S/C17H19N3O4/c1-3-20-16(22)13-7-5-4-6-12(13)14(19-20)17(23)24-10(2)15(21)18-11-8-9-11/h4-7,10-11H,3,8-9H2,1-2H3,(H,18,21)/t10-/m0/s1. The van der Waals surface area contributed by atoms with E-state index in [1.807, 2.05) is 0 Å². The van der Waals surface area contributed by atoms with Crippen molar-refractivity contribution in [2.24, 2.45) is 0 Å². The van der Waals surface area contributed by atoms with E-state index in [1.165, 1.54) is 11.6 Å². The maximum atomic E-state index is 12.5. The van der Waals surface area contributed by atoms with Crippen LogP contribution in [0.1, 0.15) is 37.2 Å². The van der Waals surface area contributed by atoms with E-state index in [1.54, 1.807) is 31.2 Å². The molecular formula is C17H19N3O4. The molecule has 3 rings (SSSR count). The van der Waals surface area contributed by atoms with Gasteiger partial charge in [0.25, 0.3) is 11.5 Å². The van der Waals surface area contributed by atoms with E-state index >= 15 is 0 Å². The molecular weight excluding hydrogens is 310 g/mol. The summed E-state index contributed by atoms with van der Waals surface area (Å²) < 4.78 is 6.46. The fraction of sp³-hybridized carbons (Fsp3) is 0.412. The third-order valence-corrected chi connectivity index (χ3v) is 3.94. The summed E-state index contributed by atoms with van der Waals surface area (Å²) in [4.78, 5) is 36.7. The molecule has 7 heteroatoms. The molecule has 1 aliphatic carbocycles. The molecule has 1 amide bonds. The van der Waals surface area contributed by atoms with Crippen LogP contribution in [0.15, 0.2) is 29.1 Å². The number of amides is 1. The summed E-state index contributed by atoms with van der Waals surface area (Å²) in [6.07, 6.45) is 1.00. The molecule has 126 valence electrons. The topological polar surface area (TPSA) is 90.3 Å². The molecule has 24 heavy (non-hydrogen) atoms. The lowest BCUT2D eigenvalue weighted by Gasteiger charge is -2.14. The summed E-state index contributed by atoms with van der Waals surface area (Å²) in [5.74, 6) is -1.04. The molecule has 7 nitrogen and oxygen atoms in total. The van der Waals surface area contributed by atoms with Gasteiger partial charge in [-0.2, -0.15) is 5.10 Å². The largest absolute Gasteiger partial charge is 0.448 e. The van der Waals surface area contributed by atoms with Gasteiger partial charge in [-0.1, -0.05) is 18.2 Å². The molecule has 1 aromatic heterocycles. The van der Waals surface area contributed by atoms with Crippen molar-refractivity contribution in [2.75, 3.05) is 0 Å². The average molecular weight is 329 g/mol. The zero-order chi connectivity index (χ0) is 17.3. The van der Waals surface area contributed by atoms with Crippen LogP contribution < -0.4 is 10.9 Å². The van der Waals surface area contributed by atoms with Crippen molar-refractivity contribution in [3.8, 4) is 0 Å². The average Bonchev–Trinajstić information content (AvgIpc) is 3.39. The minimum Gasteiger partial charge on any atom is -0.448 e. The van der Waals surface area contributed by atoms with E-state index in [0.717, 1.165) is 12.8 Å². The smallest absolute Gasteiger partial charge is 0.360 e. The Kier molecular flexibility index (Phi) is 4.33. The van der Waals surface area contributed by atoms with E-state index in [9.17, 15) is 14.4 Å². The number of carbonyl (C=O) groups excluding carboxylic acids is 2. The van der Waals surface area contributed by atoms with Crippen LogP contribution >= 0.6 is 0 Å². The van der Waals surface area contributed by atoms with Crippen molar-refractivity contribution in [2.45, 2.75) is 45.4 Å². The van der Waals surface area contributed by atoms with Gasteiger partial charge in [0.15, 0.2) is 11.8 Å². The second-order valence-electron chi connectivity index (χ2n) is 5.85. The number of hydrogen-bond acceptors (Lipinski definition) is 5. The number of esters is 1. The minimum atomic E-state index is -0.916. The zero-order valence-electron chi connectivity index (χ0n) is 13.6. The second-order valence-corrected chi connectivity index (χ2v) is 5.85. The second kappa shape index (κ2) is 6.43. The number of aromatic nitrogens is 2. The molecule has 1 atom stereocenters. The molecule has 1 fully saturated rings. The van der Waals surface area contributed by atoms with E-state index < -0.39 is 12.1 Å². The third-order valence-electron chi connectivity index (χ3n) is 3.94. The molecule has 0 unspecified atom stereocenters. The van der Waals surface area contributed by atoms with Gasteiger partial charge in [-0.3, -0.25) is 9.59 Å². The van der Waals surface area contributed by atoms with Crippen LogP contribution in [0.4, 0.5) is 0 Å². The number of benzene rings is 1. The first kappa shape index (κ1) is 16.2. The highest BCUT2D eigenvalue weighted by Gasteiger charge is 2.28. The molecule has 0 radical (unpaired) electrons. The Balaban J connectivity index is 1.90. The summed E-state index contributed by atoms with van der Waals surface area (Å²) in [5.41, 5.74) is -0.220. The maximum Gasteiger partial charge on any atom is 0.360 e. The van der Waals surface area contributed by atoms with Crippen LogP contribution in [0.2, 0.25) is 0 Å². The number of hydrogen-bond donors (Lipinski definition) is 1. The van der Waals surface area contributed by atoms with Crippen LogP contribution in [-0.2, 0) is 16.1 Å². The summed E-state index contributed by atoms with van der Waals surface area (Å²) in [6, 6.07) is 6.94. The van der Waals surface area contributed by atoms with E-state index in [-0.39, 0.29) is 23.2 Å². The van der Waals surface area contributed by atoms with Crippen molar-refractivity contribution >= 4 is 22.6 Å². The Bertz CT molecular complexity index is 855. The van der Waals surface area contributed by atoms with Crippen molar-refractivity contribution < 1.29 is 14.3 Å². The van der Waals surface area contributed by atoms with Crippen molar-refractivity contribution in [3.05, 3.63) is 40.3 Å². The third kappa shape index (κ3) is 3.15. The van der Waals surface area contributed by atoms with Crippen LogP contribution in [0.3, 0.4) is 0 Å². The SMILES string of the molecule is CCn1nc(C(=O)O[C@@H](C)C(=O)NC2CC2)c2ccccc2c1=O. The van der Waals surface area contributed by atoms with E-state index in [4.69, 9.17) is 4.74 Å². The fourth-order valence-corrected chi connectivity index (χ4v) is 2.42. The lowest BCUT2D eigenvalue weighted by molar-refractivity contribution is -0.129. The molecule has 0 spiro atoms. The van der Waals surface area contributed by atoms with Crippen LogP contribution in [0.5, 0.6) is 0 Å². The highest BCUT2D eigenvalue weighted by atomic mass is 16.5. The van der Waals surface area contributed by atoms with Crippen LogP contribution in [0, 0.1) is 0 Å². The Morgan fingerprint density at radius 1 is 1.33 bits per heavy atom. The Hall–Kier alpha value is -2.70. The number of carbonyl (C=O) groups is 2. The number of aryl methyl sites for hydroxylation is 1. The first-order chi connectivity index (χ1) is 11.5. The molecule has 1 saturated carbocycles. The van der Waals surface area contributed by atoms with Gasteiger partial charge in [-0.25, -0.2) is 9.48 Å². The lowest BCUT2D eigenvalue weighted by atomic mass is 10.1. The first-order valence-electron chi connectivity index (χ1n) is 8.02. The molecule has 1 aromatic carbocycles. The Morgan fingerprint density at radius 3 is 2.62 bits per heavy atom. The monoisotopic (exact) mass is 329 g/mol. The van der Waals surface area contributed by atoms with Crippen molar-refractivity contribution in [1.82, 2.24) is 15.1 Å². The van der Waals surface area contributed by atoms with Crippen molar-refractivity contribution in [1.29, 1.82) is 0 Å². The first-order valence-corrected chi connectivity index (χ1v) is 8.02. The number of fused-ring (bicyclic) bond motifs is 1. The number of ether oxygens (including phenoxy) is 1. The Morgan fingerprint density at radius 2 is 2.00 bits per heavy atom. The molecule has 0 bridgehead atoms. The molecule has 1 heterocycles.